The van der Waals surface area contributed by atoms with E-state index in [-0.39, 0.29) is 24.5 Å². The molecule has 0 aliphatic heterocycles. The maximum atomic E-state index is 12.3. The summed E-state index contributed by atoms with van der Waals surface area (Å²) in [6.45, 7) is -0.000641. The maximum Gasteiger partial charge on any atom is 0.343 e. The van der Waals surface area contributed by atoms with Crippen LogP contribution in [0.5, 0.6) is 5.75 Å². The summed E-state index contributed by atoms with van der Waals surface area (Å²) in [4.78, 5) is 42.1. The third-order valence-electron chi connectivity index (χ3n) is 3.76. The van der Waals surface area contributed by atoms with Crippen LogP contribution in [0.3, 0.4) is 0 Å². The van der Waals surface area contributed by atoms with Crippen LogP contribution in [-0.2, 0) is 16.1 Å². The van der Waals surface area contributed by atoms with Crippen LogP contribution in [0.15, 0.2) is 53.3 Å². The fraction of sp³-hybridized carbons (Fsp3) is 0.158. The van der Waals surface area contributed by atoms with E-state index in [4.69, 9.17) is 4.74 Å². The van der Waals surface area contributed by atoms with Gasteiger partial charge in [-0.15, -0.1) is 0 Å². The number of para-hydroxylation sites is 1. The first-order valence-electron chi connectivity index (χ1n) is 8.12. The predicted molar refractivity (Wildman–Crippen MR) is 97.5 cm³/mol. The van der Waals surface area contributed by atoms with Gasteiger partial charge in [-0.25, -0.2) is 9.78 Å². The Bertz CT molecular complexity index is 1040. The van der Waals surface area contributed by atoms with Gasteiger partial charge in [0.25, 0.3) is 11.5 Å². The molecule has 2 aromatic carbocycles. The summed E-state index contributed by atoms with van der Waals surface area (Å²) >= 11 is 0. The molecule has 0 bridgehead atoms. The largest absolute Gasteiger partial charge is 0.482 e. The van der Waals surface area contributed by atoms with E-state index < -0.39 is 11.9 Å². The van der Waals surface area contributed by atoms with Crippen molar-refractivity contribution in [3.05, 3.63) is 70.3 Å². The van der Waals surface area contributed by atoms with Crippen molar-refractivity contribution < 1.29 is 19.1 Å². The lowest BCUT2D eigenvalue weighted by Crippen LogP contribution is -2.27. The average Bonchev–Trinajstić information content (AvgIpc) is 2.70. The topological polar surface area (TPSA) is 110 Å². The number of fused-ring (bicyclic) bond motifs is 1. The molecule has 0 atom stereocenters. The molecular formula is C19H17N3O5. The number of aromatic nitrogens is 2. The van der Waals surface area contributed by atoms with E-state index in [9.17, 15) is 14.4 Å². The second-order valence-electron chi connectivity index (χ2n) is 5.63. The highest BCUT2D eigenvalue weighted by atomic mass is 16.6. The molecule has 0 radical (unpaired) electrons. The number of ether oxygens (including phenoxy) is 2. The summed E-state index contributed by atoms with van der Waals surface area (Å²) in [7, 11) is 1.28. The highest BCUT2D eigenvalue weighted by molar-refractivity contribution is 5.92. The monoisotopic (exact) mass is 367 g/mol. The van der Waals surface area contributed by atoms with Crippen molar-refractivity contribution >= 4 is 22.8 Å². The molecule has 0 unspecified atom stereocenters. The number of H-pyrrole nitrogens is 1. The van der Waals surface area contributed by atoms with Gasteiger partial charge in [-0.2, -0.15) is 0 Å². The summed E-state index contributed by atoms with van der Waals surface area (Å²) in [6.07, 6.45) is 0. The molecule has 1 heterocycles. The van der Waals surface area contributed by atoms with Crippen LogP contribution in [0.1, 0.15) is 16.2 Å². The second kappa shape index (κ2) is 8.13. The van der Waals surface area contributed by atoms with E-state index in [0.29, 0.717) is 16.7 Å². The molecule has 3 aromatic rings. The predicted octanol–water partition coefficient (Wildman–Crippen LogP) is 1.40. The van der Waals surface area contributed by atoms with Gasteiger partial charge in [-0.1, -0.05) is 24.3 Å². The highest BCUT2D eigenvalue weighted by Gasteiger charge is 2.11. The van der Waals surface area contributed by atoms with Crippen molar-refractivity contribution in [2.24, 2.45) is 0 Å². The van der Waals surface area contributed by atoms with Crippen LogP contribution in [0, 0.1) is 0 Å². The number of rotatable bonds is 6. The summed E-state index contributed by atoms with van der Waals surface area (Å²) in [5, 5.41) is 3.11. The molecule has 0 fully saturated rings. The van der Waals surface area contributed by atoms with Crippen LogP contribution in [0.2, 0.25) is 0 Å². The zero-order valence-corrected chi connectivity index (χ0v) is 14.5. The quantitative estimate of drug-likeness (QED) is 0.637. The number of amides is 1. The van der Waals surface area contributed by atoms with Crippen LogP contribution < -0.4 is 15.6 Å². The van der Waals surface area contributed by atoms with Crippen LogP contribution in [-0.4, -0.2) is 35.6 Å². The van der Waals surface area contributed by atoms with Crippen molar-refractivity contribution in [1.82, 2.24) is 15.3 Å². The number of hydrogen-bond donors (Lipinski definition) is 2. The Morgan fingerprint density at radius 2 is 1.96 bits per heavy atom. The number of esters is 1. The first kappa shape index (κ1) is 18.1. The van der Waals surface area contributed by atoms with Gasteiger partial charge in [0, 0.05) is 6.54 Å². The van der Waals surface area contributed by atoms with Gasteiger partial charge >= 0.3 is 5.97 Å². The van der Waals surface area contributed by atoms with E-state index in [2.05, 4.69) is 20.0 Å². The molecule has 1 amide bonds. The average molecular weight is 367 g/mol. The zero-order valence-electron chi connectivity index (χ0n) is 14.5. The van der Waals surface area contributed by atoms with Crippen LogP contribution in [0.4, 0.5) is 0 Å². The number of carbonyl (C=O) groups excluding carboxylic acids is 2. The Kier molecular flexibility index (Phi) is 5.46. The molecule has 0 aliphatic rings. The van der Waals surface area contributed by atoms with Crippen LogP contribution >= 0.6 is 0 Å². The first-order valence-corrected chi connectivity index (χ1v) is 8.12. The van der Waals surface area contributed by atoms with Crippen molar-refractivity contribution in [1.29, 1.82) is 0 Å². The number of carbonyl (C=O) groups is 2. The lowest BCUT2D eigenvalue weighted by Gasteiger charge is -2.08. The maximum absolute atomic E-state index is 12.3. The third kappa shape index (κ3) is 4.49. The van der Waals surface area contributed by atoms with Gasteiger partial charge in [0.2, 0.25) is 0 Å². The normalized spacial score (nSPS) is 10.4. The Morgan fingerprint density at radius 1 is 1.15 bits per heavy atom. The number of aromatic amines is 1. The SMILES string of the molecule is COC(=O)COc1cccc(CNC(=O)c2nc3ccccc3c(=O)[nH]2)c1. The van der Waals surface area contributed by atoms with E-state index in [1.54, 1.807) is 48.5 Å². The summed E-state index contributed by atoms with van der Waals surface area (Å²) in [5.41, 5.74) is 0.836. The molecule has 0 saturated carbocycles. The van der Waals surface area contributed by atoms with Crippen molar-refractivity contribution in [3.63, 3.8) is 0 Å². The number of benzene rings is 2. The minimum absolute atomic E-state index is 0.0585. The molecule has 138 valence electrons. The van der Waals surface area contributed by atoms with Crippen LogP contribution in [0.25, 0.3) is 10.9 Å². The van der Waals surface area contributed by atoms with Gasteiger partial charge < -0.3 is 19.8 Å². The molecule has 8 nitrogen and oxygen atoms in total. The van der Waals surface area contributed by atoms with Crippen molar-refractivity contribution in [2.75, 3.05) is 13.7 Å². The van der Waals surface area contributed by atoms with Gasteiger partial charge in [0.05, 0.1) is 18.0 Å². The Labute approximate surface area is 154 Å². The lowest BCUT2D eigenvalue weighted by atomic mass is 10.2. The first-order chi connectivity index (χ1) is 13.1. The van der Waals surface area contributed by atoms with E-state index in [1.807, 2.05) is 0 Å². The molecular weight excluding hydrogens is 350 g/mol. The van der Waals surface area contributed by atoms with E-state index >= 15 is 0 Å². The van der Waals surface area contributed by atoms with Crippen molar-refractivity contribution in [2.45, 2.75) is 6.54 Å². The third-order valence-corrected chi connectivity index (χ3v) is 3.76. The summed E-state index contributed by atoms with van der Waals surface area (Å²) in [6, 6.07) is 13.7. The molecule has 2 N–H and O–H groups in total. The summed E-state index contributed by atoms with van der Waals surface area (Å²) < 4.78 is 9.82. The smallest absolute Gasteiger partial charge is 0.343 e. The fourth-order valence-electron chi connectivity index (χ4n) is 2.41. The zero-order chi connectivity index (χ0) is 19.2. The molecule has 0 aliphatic carbocycles. The number of nitrogens with zero attached hydrogens (tertiary/aromatic N) is 1. The molecule has 0 saturated heterocycles. The minimum atomic E-state index is -0.501. The fourth-order valence-corrected chi connectivity index (χ4v) is 2.41. The van der Waals surface area contributed by atoms with Gasteiger partial charge in [0.1, 0.15) is 5.75 Å². The minimum Gasteiger partial charge on any atom is -0.482 e. The number of hydrogen-bond acceptors (Lipinski definition) is 6. The Hall–Kier alpha value is -3.68. The number of methoxy groups -OCH3 is 1. The van der Waals surface area contributed by atoms with E-state index in [1.165, 1.54) is 7.11 Å². The van der Waals surface area contributed by atoms with Gasteiger partial charge in [-0.3, -0.25) is 9.59 Å². The van der Waals surface area contributed by atoms with Gasteiger partial charge in [-0.05, 0) is 29.8 Å². The Balaban J connectivity index is 1.67. The Morgan fingerprint density at radius 3 is 2.78 bits per heavy atom. The molecule has 8 heteroatoms. The molecule has 27 heavy (non-hydrogen) atoms. The highest BCUT2D eigenvalue weighted by Crippen LogP contribution is 2.13. The standard InChI is InChI=1S/C19H17N3O5/c1-26-16(23)11-27-13-6-4-5-12(9-13)10-20-19(25)17-21-15-8-3-2-7-14(15)18(24)22-17/h2-9H,10-11H2,1H3,(H,20,25)(H,21,22,24). The molecule has 0 spiro atoms. The van der Waals surface area contributed by atoms with Gasteiger partial charge in [0.15, 0.2) is 12.4 Å². The second-order valence-corrected chi connectivity index (χ2v) is 5.63. The van der Waals surface area contributed by atoms with Crippen molar-refractivity contribution in [3.8, 4) is 5.75 Å². The summed E-state index contributed by atoms with van der Waals surface area (Å²) in [5.74, 6) is -0.569. The molecule has 1 aromatic heterocycles. The van der Waals surface area contributed by atoms with E-state index in [0.717, 1.165) is 5.56 Å². The number of nitrogens with one attached hydrogen (secondary N) is 2. The lowest BCUT2D eigenvalue weighted by molar-refractivity contribution is -0.142. The molecule has 3 rings (SSSR count).